The molecule has 0 radical (unpaired) electrons. The maximum Gasteiger partial charge on any atom is 0.231 e. The first-order valence-corrected chi connectivity index (χ1v) is 8.73. The first-order valence-electron chi connectivity index (χ1n) is 8.73. The molecule has 0 aliphatic carbocycles. The molecule has 2 aromatic rings. The second-order valence-electron chi connectivity index (χ2n) is 6.89. The van der Waals surface area contributed by atoms with Crippen molar-refractivity contribution in [1.82, 2.24) is 4.90 Å². The zero-order chi connectivity index (χ0) is 17.7. The van der Waals surface area contributed by atoms with Gasteiger partial charge in [-0.25, -0.2) is 0 Å². The number of benzene rings is 2. The van der Waals surface area contributed by atoms with Crippen molar-refractivity contribution in [3.63, 3.8) is 0 Å². The molecule has 0 unspecified atom stereocenters. The number of nitrogens with zero attached hydrogens (tertiary/aromatic N) is 1. The van der Waals surface area contributed by atoms with Crippen molar-refractivity contribution >= 4 is 18.2 Å². The standard InChI is InChI=1S/C20H19NO5.ClH/c1-21-5-4-12-7-18-19(25-10-24-18)8-13(12)6-16(22)14-2-3-17-20(15(14)9-21)26-11-23-17;/h2-3,7-8H,4-6,9-11H2,1H3;1H. The van der Waals surface area contributed by atoms with E-state index in [1.165, 1.54) is 0 Å². The van der Waals surface area contributed by atoms with Crippen LogP contribution in [0.5, 0.6) is 23.0 Å². The minimum absolute atomic E-state index is 0. The Labute approximate surface area is 163 Å². The zero-order valence-corrected chi connectivity index (χ0v) is 15.8. The van der Waals surface area contributed by atoms with Gasteiger partial charge in [-0.2, -0.15) is 0 Å². The van der Waals surface area contributed by atoms with Gasteiger partial charge in [0.25, 0.3) is 0 Å². The molecule has 0 amide bonds. The molecule has 3 heterocycles. The fraction of sp³-hybridized carbons (Fsp3) is 0.350. The Morgan fingerprint density at radius 2 is 1.63 bits per heavy atom. The molecule has 6 nitrogen and oxygen atoms in total. The number of carbonyl (C=O) groups excluding carboxylic acids is 1. The quantitative estimate of drug-likeness (QED) is 0.690. The Hall–Kier alpha value is -2.44. The van der Waals surface area contributed by atoms with Crippen LogP contribution in [0.1, 0.15) is 27.0 Å². The monoisotopic (exact) mass is 389 g/mol. The van der Waals surface area contributed by atoms with Gasteiger partial charge in [-0.1, -0.05) is 0 Å². The van der Waals surface area contributed by atoms with Crippen LogP contribution < -0.4 is 18.9 Å². The predicted octanol–water partition coefficient (Wildman–Crippen LogP) is 2.98. The SMILES string of the molecule is CN1CCc2cc3c(cc2CC(=O)c2ccc4c(c2C1)OCO4)OCO3.Cl. The van der Waals surface area contributed by atoms with Gasteiger partial charge in [-0.3, -0.25) is 4.79 Å². The largest absolute Gasteiger partial charge is 0.454 e. The van der Waals surface area contributed by atoms with Crippen molar-refractivity contribution < 1.29 is 23.7 Å². The Morgan fingerprint density at radius 3 is 2.44 bits per heavy atom. The summed E-state index contributed by atoms with van der Waals surface area (Å²) < 4.78 is 22.1. The number of fused-ring (bicyclic) bond motifs is 5. The Morgan fingerprint density at radius 1 is 0.926 bits per heavy atom. The van der Waals surface area contributed by atoms with E-state index in [0.29, 0.717) is 35.8 Å². The molecule has 3 aliphatic heterocycles. The van der Waals surface area contributed by atoms with Crippen molar-refractivity contribution in [2.45, 2.75) is 19.4 Å². The molecule has 142 valence electrons. The molecule has 5 rings (SSSR count). The number of rotatable bonds is 0. The maximum absolute atomic E-state index is 13.1. The summed E-state index contributed by atoms with van der Waals surface area (Å²) in [4.78, 5) is 15.3. The van der Waals surface area contributed by atoms with Crippen LogP contribution >= 0.6 is 12.4 Å². The van der Waals surface area contributed by atoms with Gasteiger partial charge >= 0.3 is 0 Å². The second kappa shape index (κ2) is 6.94. The summed E-state index contributed by atoms with van der Waals surface area (Å²) in [5.74, 6) is 2.97. The third-order valence-corrected chi connectivity index (χ3v) is 5.18. The van der Waals surface area contributed by atoms with Crippen LogP contribution in [0.2, 0.25) is 0 Å². The first-order chi connectivity index (χ1) is 12.7. The molecule has 27 heavy (non-hydrogen) atoms. The molecule has 0 saturated heterocycles. The molecule has 0 saturated carbocycles. The number of ether oxygens (including phenoxy) is 4. The number of carbonyl (C=O) groups is 1. The van der Waals surface area contributed by atoms with Crippen molar-refractivity contribution in [1.29, 1.82) is 0 Å². The van der Waals surface area contributed by atoms with Gasteiger partial charge in [-0.15, -0.1) is 12.4 Å². The molecule has 0 bridgehead atoms. The van der Waals surface area contributed by atoms with Gasteiger partial charge < -0.3 is 23.8 Å². The minimum Gasteiger partial charge on any atom is -0.454 e. The highest BCUT2D eigenvalue weighted by Gasteiger charge is 2.27. The summed E-state index contributed by atoms with van der Waals surface area (Å²) in [5, 5.41) is 0. The highest BCUT2D eigenvalue weighted by Crippen LogP contribution is 2.40. The summed E-state index contributed by atoms with van der Waals surface area (Å²) in [6, 6.07) is 7.64. The van der Waals surface area contributed by atoms with Crippen molar-refractivity contribution in [3.8, 4) is 23.0 Å². The van der Waals surface area contributed by atoms with E-state index in [1.807, 2.05) is 24.3 Å². The lowest BCUT2D eigenvalue weighted by Crippen LogP contribution is -2.24. The van der Waals surface area contributed by atoms with Crippen LogP contribution in [0.3, 0.4) is 0 Å². The zero-order valence-electron chi connectivity index (χ0n) is 14.9. The predicted molar refractivity (Wildman–Crippen MR) is 100 cm³/mol. The maximum atomic E-state index is 13.1. The number of hydrogen-bond acceptors (Lipinski definition) is 6. The highest BCUT2D eigenvalue weighted by molar-refractivity contribution is 6.00. The lowest BCUT2D eigenvalue weighted by molar-refractivity contribution is 0.0989. The van der Waals surface area contributed by atoms with E-state index in [4.69, 9.17) is 18.9 Å². The van der Waals surface area contributed by atoms with Gasteiger partial charge in [0.05, 0.1) is 0 Å². The molecular formula is C20H20ClNO5. The van der Waals surface area contributed by atoms with E-state index in [0.717, 1.165) is 35.4 Å². The Kier molecular flexibility index (Phi) is 4.61. The first kappa shape index (κ1) is 17.9. The van der Waals surface area contributed by atoms with Gasteiger partial charge in [-0.05, 0) is 48.9 Å². The van der Waals surface area contributed by atoms with E-state index in [9.17, 15) is 4.79 Å². The van der Waals surface area contributed by atoms with E-state index in [2.05, 4.69) is 11.9 Å². The molecule has 7 heteroatoms. The third-order valence-electron chi connectivity index (χ3n) is 5.18. The smallest absolute Gasteiger partial charge is 0.231 e. The molecule has 0 spiro atoms. The molecule has 2 aromatic carbocycles. The van der Waals surface area contributed by atoms with Crippen LogP contribution in [0.25, 0.3) is 0 Å². The molecule has 3 aliphatic rings. The topological polar surface area (TPSA) is 57.2 Å². The Balaban J connectivity index is 0.00000180. The van der Waals surface area contributed by atoms with Crippen LogP contribution in [0.4, 0.5) is 0 Å². The molecule has 0 atom stereocenters. The fourth-order valence-electron chi connectivity index (χ4n) is 3.80. The van der Waals surface area contributed by atoms with Gasteiger partial charge in [0.2, 0.25) is 13.6 Å². The fourth-order valence-corrected chi connectivity index (χ4v) is 3.80. The van der Waals surface area contributed by atoms with Crippen molar-refractivity contribution in [2.75, 3.05) is 27.2 Å². The summed E-state index contributed by atoms with van der Waals surface area (Å²) in [5.41, 5.74) is 3.75. The lowest BCUT2D eigenvalue weighted by atomic mass is 9.92. The average Bonchev–Trinajstić information content (AvgIpc) is 3.28. The number of Topliss-reactive ketones (excluding diaryl/α,β-unsaturated/α-hetero) is 1. The van der Waals surface area contributed by atoms with E-state index < -0.39 is 0 Å². The minimum atomic E-state index is 0. The molecule has 0 fully saturated rings. The van der Waals surface area contributed by atoms with E-state index >= 15 is 0 Å². The van der Waals surface area contributed by atoms with Crippen molar-refractivity contribution in [3.05, 3.63) is 46.5 Å². The summed E-state index contributed by atoms with van der Waals surface area (Å²) in [6.45, 7) is 1.95. The van der Waals surface area contributed by atoms with Gasteiger partial charge in [0.15, 0.2) is 28.8 Å². The number of hydrogen-bond donors (Lipinski definition) is 0. The van der Waals surface area contributed by atoms with Crippen LogP contribution in [-0.2, 0) is 19.4 Å². The summed E-state index contributed by atoms with van der Waals surface area (Å²) in [7, 11) is 2.05. The average molecular weight is 390 g/mol. The number of likely N-dealkylation sites (N-methyl/N-ethyl adjacent to an activating group) is 1. The lowest BCUT2D eigenvalue weighted by Gasteiger charge is -2.22. The van der Waals surface area contributed by atoms with Crippen LogP contribution in [0, 0.1) is 0 Å². The second-order valence-corrected chi connectivity index (χ2v) is 6.89. The number of ketones is 1. The van der Waals surface area contributed by atoms with Crippen molar-refractivity contribution in [2.24, 2.45) is 0 Å². The highest BCUT2D eigenvalue weighted by atomic mass is 35.5. The normalized spacial score (nSPS) is 17.7. The number of halogens is 1. The third kappa shape index (κ3) is 3.09. The van der Waals surface area contributed by atoms with Gasteiger partial charge in [0.1, 0.15) is 0 Å². The van der Waals surface area contributed by atoms with E-state index in [1.54, 1.807) is 0 Å². The Bertz CT molecular complexity index is 914. The van der Waals surface area contributed by atoms with E-state index in [-0.39, 0.29) is 31.8 Å². The summed E-state index contributed by atoms with van der Waals surface area (Å²) in [6.07, 6.45) is 1.18. The summed E-state index contributed by atoms with van der Waals surface area (Å²) >= 11 is 0. The molecular weight excluding hydrogens is 370 g/mol. The van der Waals surface area contributed by atoms with Crippen LogP contribution in [0.15, 0.2) is 24.3 Å². The molecule has 0 aromatic heterocycles. The van der Waals surface area contributed by atoms with Gasteiger partial charge in [0, 0.05) is 30.6 Å². The molecule has 0 N–H and O–H groups in total. The van der Waals surface area contributed by atoms with Crippen LogP contribution in [-0.4, -0.2) is 37.9 Å².